The fraction of sp³-hybridized carbons (Fsp3) is 0.111. The summed E-state index contributed by atoms with van der Waals surface area (Å²) in [5, 5.41) is 35.9. The van der Waals surface area contributed by atoms with Gasteiger partial charge in [0.1, 0.15) is 5.52 Å². The van der Waals surface area contributed by atoms with Gasteiger partial charge < -0.3 is 20.8 Å². The molecular weight excluding hydrogens is 428 g/mol. The Labute approximate surface area is 168 Å². The number of phenols is 1. The number of fused-ring (bicyclic) bond motifs is 1. The molecule has 0 amide bonds. The van der Waals surface area contributed by atoms with Crippen LogP contribution in [0.5, 0.6) is 11.5 Å². The van der Waals surface area contributed by atoms with Gasteiger partial charge in [-0.3, -0.25) is 5.41 Å². The van der Waals surface area contributed by atoms with Crippen LogP contribution in [0.15, 0.2) is 51.1 Å². The van der Waals surface area contributed by atoms with Crippen LogP contribution in [0.4, 0.5) is 0 Å². The number of halogens is 1. The average Bonchev–Trinajstić information content (AvgIpc) is 2.68. The quantitative estimate of drug-likeness (QED) is 0.206. The highest BCUT2D eigenvalue weighted by Crippen LogP contribution is 2.35. The summed E-state index contributed by atoms with van der Waals surface area (Å²) in [6, 6.07) is 10.0. The van der Waals surface area contributed by atoms with Crippen molar-refractivity contribution in [1.29, 1.82) is 5.41 Å². The van der Waals surface area contributed by atoms with Gasteiger partial charge in [0.25, 0.3) is 0 Å². The number of phenolic OH excluding ortho intramolecular Hbond substituents is 1. The van der Waals surface area contributed by atoms with Gasteiger partial charge in [0.2, 0.25) is 0 Å². The molecule has 0 saturated carbocycles. The average molecular weight is 445 g/mol. The van der Waals surface area contributed by atoms with Gasteiger partial charge in [-0.1, -0.05) is 12.1 Å². The number of rotatable bonds is 5. The van der Waals surface area contributed by atoms with E-state index in [0.29, 0.717) is 38.2 Å². The first-order valence-corrected chi connectivity index (χ1v) is 8.99. The van der Waals surface area contributed by atoms with E-state index in [9.17, 15) is 10.3 Å². The highest BCUT2D eigenvalue weighted by Gasteiger charge is 2.11. The molecule has 5 N–H and O–H groups in total. The minimum Gasteiger partial charge on any atom is -0.503 e. The van der Waals surface area contributed by atoms with Gasteiger partial charge in [0.15, 0.2) is 28.5 Å². The third-order valence-electron chi connectivity index (χ3n) is 3.74. The summed E-state index contributed by atoms with van der Waals surface area (Å²) in [6.07, 6.45) is 1.41. The number of para-hydroxylation sites is 2. The molecule has 0 radical (unpaired) electrons. The molecule has 0 spiro atoms. The van der Waals surface area contributed by atoms with E-state index in [2.05, 4.69) is 31.1 Å². The molecule has 10 heteroatoms. The Morgan fingerprint density at radius 3 is 2.89 bits per heavy atom. The SMILES string of the molecule is CCOc1cc(/C=N\N=C(/N)c2nc3ccccc3n(O)c2=N)cc(Br)c1O. The minimum absolute atomic E-state index is 0.000224. The molecule has 0 atom stereocenters. The number of hydrogen-bond acceptors (Lipinski definition) is 7. The van der Waals surface area contributed by atoms with Crippen LogP contribution < -0.4 is 16.0 Å². The lowest BCUT2D eigenvalue weighted by Gasteiger charge is -2.08. The van der Waals surface area contributed by atoms with Crippen LogP contribution in [0, 0.1) is 5.41 Å². The maximum absolute atomic E-state index is 10.1. The lowest BCUT2D eigenvalue weighted by molar-refractivity contribution is 0.183. The Balaban J connectivity index is 1.94. The van der Waals surface area contributed by atoms with E-state index >= 15 is 0 Å². The predicted molar refractivity (Wildman–Crippen MR) is 108 cm³/mol. The largest absolute Gasteiger partial charge is 0.503 e. The summed E-state index contributed by atoms with van der Waals surface area (Å²) in [6.45, 7) is 2.20. The third kappa shape index (κ3) is 3.81. The smallest absolute Gasteiger partial charge is 0.191 e. The Bertz CT molecular complexity index is 1160. The Hall–Kier alpha value is -3.40. The third-order valence-corrected chi connectivity index (χ3v) is 4.35. The predicted octanol–water partition coefficient (Wildman–Crippen LogP) is 2.36. The molecule has 144 valence electrons. The van der Waals surface area contributed by atoms with E-state index in [0.717, 1.165) is 0 Å². The molecule has 3 aromatic rings. The second kappa shape index (κ2) is 8.09. The molecule has 0 bridgehead atoms. The first-order valence-electron chi connectivity index (χ1n) is 8.20. The van der Waals surface area contributed by atoms with Crippen molar-refractivity contribution in [2.45, 2.75) is 6.92 Å². The minimum atomic E-state index is -0.304. The van der Waals surface area contributed by atoms with Gasteiger partial charge in [-0.05, 0) is 52.7 Å². The number of hydrogen-bond donors (Lipinski definition) is 4. The van der Waals surface area contributed by atoms with Crippen LogP contribution in [0.3, 0.4) is 0 Å². The highest BCUT2D eigenvalue weighted by atomic mass is 79.9. The molecule has 28 heavy (non-hydrogen) atoms. The van der Waals surface area contributed by atoms with Crippen LogP contribution in [0.25, 0.3) is 11.0 Å². The van der Waals surface area contributed by atoms with Crippen molar-refractivity contribution in [3.63, 3.8) is 0 Å². The molecule has 0 saturated heterocycles. The maximum atomic E-state index is 10.1. The molecule has 0 fully saturated rings. The van der Waals surface area contributed by atoms with Crippen molar-refractivity contribution in [2.75, 3.05) is 6.61 Å². The molecule has 2 aromatic carbocycles. The number of benzene rings is 2. The summed E-state index contributed by atoms with van der Waals surface area (Å²) in [5.41, 5.74) is 7.05. The molecule has 0 aliphatic carbocycles. The van der Waals surface area contributed by atoms with Crippen molar-refractivity contribution in [3.05, 3.63) is 57.6 Å². The van der Waals surface area contributed by atoms with Crippen molar-refractivity contribution >= 4 is 39.0 Å². The first kappa shape index (κ1) is 19.4. The lowest BCUT2D eigenvalue weighted by Crippen LogP contribution is -2.31. The van der Waals surface area contributed by atoms with Crippen LogP contribution in [-0.2, 0) is 0 Å². The van der Waals surface area contributed by atoms with Crippen molar-refractivity contribution < 1.29 is 15.1 Å². The molecule has 0 aliphatic rings. The zero-order chi connectivity index (χ0) is 20.3. The number of aromatic hydroxyl groups is 1. The normalized spacial score (nSPS) is 12.0. The number of nitrogens with two attached hydrogens (primary N) is 1. The van der Waals surface area contributed by atoms with Crippen LogP contribution >= 0.6 is 15.9 Å². The van der Waals surface area contributed by atoms with E-state index in [-0.39, 0.29) is 22.8 Å². The molecule has 3 rings (SSSR count). The molecule has 0 aliphatic heterocycles. The molecule has 0 unspecified atom stereocenters. The van der Waals surface area contributed by atoms with E-state index in [1.54, 1.807) is 36.4 Å². The summed E-state index contributed by atoms with van der Waals surface area (Å²) < 4.78 is 6.49. The van der Waals surface area contributed by atoms with Gasteiger partial charge in [0.05, 0.1) is 22.8 Å². The van der Waals surface area contributed by atoms with E-state index < -0.39 is 0 Å². The number of aromatic nitrogens is 2. The second-order valence-corrected chi connectivity index (χ2v) is 6.48. The number of nitrogens with zero attached hydrogens (tertiary/aromatic N) is 4. The molecule has 9 nitrogen and oxygen atoms in total. The topological polar surface area (TPSA) is 142 Å². The number of amidine groups is 1. The Morgan fingerprint density at radius 1 is 1.39 bits per heavy atom. The van der Waals surface area contributed by atoms with E-state index in [1.807, 2.05) is 6.92 Å². The van der Waals surface area contributed by atoms with Crippen molar-refractivity contribution in [1.82, 2.24) is 9.71 Å². The van der Waals surface area contributed by atoms with E-state index in [1.165, 1.54) is 6.21 Å². The van der Waals surface area contributed by atoms with E-state index in [4.69, 9.17) is 15.9 Å². The van der Waals surface area contributed by atoms with Gasteiger partial charge in [0, 0.05) is 0 Å². The monoisotopic (exact) mass is 444 g/mol. The Morgan fingerprint density at radius 2 is 2.14 bits per heavy atom. The second-order valence-electron chi connectivity index (χ2n) is 5.62. The molecule has 1 heterocycles. The van der Waals surface area contributed by atoms with Crippen LogP contribution in [-0.4, -0.2) is 38.7 Å². The van der Waals surface area contributed by atoms with Crippen molar-refractivity contribution in [3.8, 4) is 11.5 Å². The number of ether oxygens (including phenoxy) is 1. The lowest BCUT2D eigenvalue weighted by atomic mass is 10.2. The molecule has 1 aromatic heterocycles. The Kier molecular flexibility index (Phi) is 5.59. The van der Waals surface area contributed by atoms with Gasteiger partial charge in [-0.25, -0.2) is 4.98 Å². The fourth-order valence-electron chi connectivity index (χ4n) is 2.45. The van der Waals surface area contributed by atoms with Crippen molar-refractivity contribution in [2.24, 2.45) is 15.9 Å². The molecular formula is C18H17BrN6O3. The zero-order valence-electron chi connectivity index (χ0n) is 14.8. The van der Waals surface area contributed by atoms with Crippen LogP contribution in [0.1, 0.15) is 18.2 Å². The summed E-state index contributed by atoms with van der Waals surface area (Å²) >= 11 is 3.25. The maximum Gasteiger partial charge on any atom is 0.191 e. The summed E-state index contributed by atoms with van der Waals surface area (Å²) in [7, 11) is 0. The first-order chi connectivity index (χ1) is 13.4. The van der Waals surface area contributed by atoms with Crippen LogP contribution in [0.2, 0.25) is 0 Å². The summed E-state index contributed by atoms with van der Waals surface area (Å²) in [5.74, 6) is 0.174. The standard InChI is InChI=1S/C18H17BrN6O3/c1-2-28-14-8-10(7-11(19)16(14)26)9-22-24-17(20)15-18(21)25(27)13-6-4-3-5-12(13)23-15/h3-9,21,26-27H,2H2,1H3,(H2,20,24)/b21-18?,22-9-. The number of nitrogens with one attached hydrogen (secondary N) is 1. The van der Waals surface area contributed by atoms with Gasteiger partial charge in [-0.15, -0.1) is 5.10 Å². The van der Waals surface area contributed by atoms with Gasteiger partial charge in [-0.2, -0.15) is 9.83 Å². The summed E-state index contributed by atoms with van der Waals surface area (Å²) in [4.78, 5) is 4.27. The fourth-order valence-corrected chi connectivity index (χ4v) is 2.91. The van der Waals surface area contributed by atoms with Gasteiger partial charge >= 0.3 is 0 Å². The highest BCUT2D eigenvalue weighted by molar-refractivity contribution is 9.10. The zero-order valence-corrected chi connectivity index (χ0v) is 16.4.